The number of carbonyl (C=O) groups is 2. The first-order valence-corrected chi connectivity index (χ1v) is 9.35. The smallest absolute Gasteiger partial charge is 0.321 e. The Morgan fingerprint density at radius 3 is 2.29 bits per heavy atom. The van der Waals surface area contributed by atoms with Gasteiger partial charge in [-0.1, -0.05) is 17.7 Å². The van der Waals surface area contributed by atoms with Gasteiger partial charge in [0.15, 0.2) is 11.5 Å². The van der Waals surface area contributed by atoms with Gasteiger partial charge in [-0.25, -0.2) is 4.79 Å². The number of hydrogen-bond acceptors (Lipinski definition) is 5. The summed E-state index contributed by atoms with van der Waals surface area (Å²) in [4.78, 5) is 30.2. The molecule has 0 radical (unpaired) electrons. The molecule has 148 valence electrons. The monoisotopic (exact) mass is 402 g/mol. The van der Waals surface area contributed by atoms with E-state index in [9.17, 15) is 9.59 Å². The Hall–Kier alpha value is -2.87. The molecule has 1 saturated heterocycles. The van der Waals surface area contributed by atoms with Gasteiger partial charge in [-0.05, 0) is 36.8 Å². The van der Waals surface area contributed by atoms with E-state index in [2.05, 4.69) is 15.5 Å². The molecule has 2 heterocycles. The number of halogens is 1. The van der Waals surface area contributed by atoms with Gasteiger partial charge in [0.2, 0.25) is 0 Å². The fourth-order valence-electron chi connectivity index (χ4n) is 2.83. The van der Waals surface area contributed by atoms with Crippen LogP contribution in [0.5, 0.6) is 0 Å². The van der Waals surface area contributed by atoms with Gasteiger partial charge in [0.1, 0.15) is 0 Å². The van der Waals surface area contributed by atoms with Crippen molar-refractivity contribution in [1.82, 2.24) is 20.0 Å². The zero-order valence-electron chi connectivity index (χ0n) is 16.1. The first-order chi connectivity index (χ1) is 13.3. The van der Waals surface area contributed by atoms with Gasteiger partial charge in [0.25, 0.3) is 5.91 Å². The number of anilines is 2. The minimum atomic E-state index is -0.206. The Kier molecular flexibility index (Phi) is 5.99. The second-order valence-corrected chi connectivity index (χ2v) is 7.25. The molecule has 1 aliphatic rings. The molecule has 3 rings (SSSR count). The summed E-state index contributed by atoms with van der Waals surface area (Å²) < 4.78 is 0. The van der Waals surface area contributed by atoms with Crippen LogP contribution in [-0.2, 0) is 0 Å². The predicted molar refractivity (Wildman–Crippen MR) is 109 cm³/mol. The van der Waals surface area contributed by atoms with Gasteiger partial charge < -0.3 is 20.0 Å². The van der Waals surface area contributed by atoms with Crippen molar-refractivity contribution >= 4 is 35.0 Å². The van der Waals surface area contributed by atoms with Gasteiger partial charge in [-0.15, -0.1) is 10.2 Å². The zero-order valence-corrected chi connectivity index (χ0v) is 16.9. The van der Waals surface area contributed by atoms with Crippen molar-refractivity contribution < 1.29 is 9.59 Å². The average molecular weight is 403 g/mol. The number of amides is 3. The van der Waals surface area contributed by atoms with E-state index >= 15 is 0 Å². The molecule has 3 amide bonds. The summed E-state index contributed by atoms with van der Waals surface area (Å²) in [7, 11) is 3.72. The molecule has 1 aromatic heterocycles. The van der Waals surface area contributed by atoms with Crippen LogP contribution >= 0.6 is 11.6 Å². The second-order valence-electron chi connectivity index (χ2n) is 6.84. The second kappa shape index (κ2) is 8.43. The van der Waals surface area contributed by atoms with Crippen LogP contribution in [0.1, 0.15) is 16.1 Å². The topological polar surface area (TPSA) is 81.7 Å². The van der Waals surface area contributed by atoms with Gasteiger partial charge in [-0.2, -0.15) is 0 Å². The van der Waals surface area contributed by atoms with E-state index in [1.807, 2.05) is 38.1 Å². The van der Waals surface area contributed by atoms with Crippen LogP contribution in [0.4, 0.5) is 16.3 Å². The van der Waals surface area contributed by atoms with Crippen LogP contribution in [0.25, 0.3) is 0 Å². The molecule has 1 N–H and O–H groups in total. The summed E-state index contributed by atoms with van der Waals surface area (Å²) in [5, 5.41) is 11.5. The number of piperazine rings is 1. The van der Waals surface area contributed by atoms with Crippen LogP contribution in [0.2, 0.25) is 5.02 Å². The van der Waals surface area contributed by atoms with Crippen LogP contribution in [0, 0.1) is 6.92 Å². The molecule has 28 heavy (non-hydrogen) atoms. The van der Waals surface area contributed by atoms with Crippen LogP contribution in [-0.4, -0.2) is 72.2 Å². The van der Waals surface area contributed by atoms with Gasteiger partial charge in [-0.3, -0.25) is 4.79 Å². The van der Waals surface area contributed by atoms with Crippen molar-refractivity contribution in [1.29, 1.82) is 0 Å². The summed E-state index contributed by atoms with van der Waals surface area (Å²) in [6.07, 6.45) is 0. The number of benzene rings is 1. The third-order valence-electron chi connectivity index (χ3n) is 4.60. The summed E-state index contributed by atoms with van der Waals surface area (Å²) in [5.74, 6) is 0.512. The SMILES string of the molecule is Cc1ccc(NC(=O)N2CCN(C(=O)c3ccc(N(C)C)nn3)CC2)cc1Cl. The van der Waals surface area contributed by atoms with E-state index in [1.165, 1.54) is 0 Å². The Labute approximate surface area is 169 Å². The Morgan fingerprint density at radius 2 is 1.71 bits per heavy atom. The van der Waals surface area contributed by atoms with E-state index in [0.717, 1.165) is 5.56 Å². The Bertz CT molecular complexity index is 863. The van der Waals surface area contributed by atoms with Crippen molar-refractivity contribution in [3.63, 3.8) is 0 Å². The van der Waals surface area contributed by atoms with Crippen LogP contribution in [0.15, 0.2) is 30.3 Å². The lowest BCUT2D eigenvalue weighted by Gasteiger charge is -2.34. The van der Waals surface area contributed by atoms with Crippen molar-refractivity contribution in [2.75, 3.05) is 50.5 Å². The molecular formula is C19H23ClN6O2. The molecule has 0 saturated carbocycles. The summed E-state index contributed by atoms with van der Waals surface area (Å²) in [6.45, 7) is 3.68. The molecule has 0 aliphatic carbocycles. The standard InChI is InChI=1S/C19H23ClN6O2/c1-13-4-5-14(12-15(13)20)21-19(28)26-10-8-25(9-11-26)18(27)16-6-7-17(23-22-16)24(2)3/h4-7,12H,8-11H2,1-3H3,(H,21,28). The molecule has 9 heteroatoms. The number of hydrogen-bond donors (Lipinski definition) is 1. The third-order valence-corrected chi connectivity index (χ3v) is 5.01. The summed E-state index contributed by atoms with van der Waals surface area (Å²) >= 11 is 6.10. The number of rotatable bonds is 3. The van der Waals surface area contributed by atoms with Crippen molar-refractivity contribution in [3.8, 4) is 0 Å². The van der Waals surface area contributed by atoms with E-state index < -0.39 is 0 Å². The molecule has 0 unspecified atom stereocenters. The minimum Gasteiger partial charge on any atom is -0.361 e. The summed E-state index contributed by atoms with van der Waals surface area (Å²) in [5.41, 5.74) is 1.90. The van der Waals surface area contributed by atoms with E-state index in [0.29, 0.717) is 48.4 Å². The van der Waals surface area contributed by atoms with E-state index in [4.69, 9.17) is 11.6 Å². The van der Waals surface area contributed by atoms with Gasteiger partial charge in [0, 0.05) is 51.0 Å². The Balaban J connectivity index is 1.55. The van der Waals surface area contributed by atoms with E-state index in [1.54, 1.807) is 28.0 Å². The fourth-order valence-corrected chi connectivity index (χ4v) is 3.01. The molecular weight excluding hydrogens is 380 g/mol. The highest BCUT2D eigenvalue weighted by Gasteiger charge is 2.26. The molecule has 1 aliphatic heterocycles. The molecule has 1 fully saturated rings. The van der Waals surface area contributed by atoms with Crippen LogP contribution in [0.3, 0.4) is 0 Å². The number of aromatic nitrogens is 2. The maximum atomic E-state index is 12.6. The minimum absolute atomic E-state index is 0.178. The first-order valence-electron chi connectivity index (χ1n) is 8.97. The third kappa shape index (κ3) is 4.51. The molecule has 8 nitrogen and oxygen atoms in total. The molecule has 1 aromatic carbocycles. The fraction of sp³-hybridized carbons (Fsp3) is 0.368. The Morgan fingerprint density at radius 1 is 1.04 bits per heavy atom. The quantitative estimate of drug-likeness (QED) is 0.853. The lowest BCUT2D eigenvalue weighted by molar-refractivity contribution is 0.0664. The average Bonchev–Trinajstić information content (AvgIpc) is 2.70. The largest absolute Gasteiger partial charge is 0.361 e. The zero-order chi connectivity index (χ0) is 20.3. The number of urea groups is 1. The number of carbonyl (C=O) groups excluding carboxylic acids is 2. The highest BCUT2D eigenvalue weighted by Crippen LogP contribution is 2.20. The number of aryl methyl sites for hydroxylation is 1. The van der Waals surface area contributed by atoms with Gasteiger partial charge in [0.05, 0.1) is 0 Å². The molecule has 0 atom stereocenters. The maximum absolute atomic E-state index is 12.6. The highest BCUT2D eigenvalue weighted by atomic mass is 35.5. The van der Waals surface area contributed by atoms with Crippen molar-refractivity contribution in [2.45, 2.75) is 6.92 Å². The summed E-state index contributed by atoms with van der Waals surface area (Å²) in [6, 6.07) is 8.63. The normalized spacial score (nSPS) is 14.0. The van der Waals surface area contributed by atoms with E-state index in [-0.39, 0.29) is 11.9 Å². The van der Waals surface area contributed by atoms with Crippen LogP contribution < -0.4 is 10.2 Å². The predicted octanol–water partition coefficient (Wildman–Crippen LogP) is 2.49. The van der Waals surface area contributed by atoms with Crippen molar-refractivity contribution in [2.24, 2.45) is 0 Å². The van der Waals surface area contributed by atoms with Crippen molar-refractivity contribution in [3.05, 3.63) is 46.6 Å². The molecule has 0 bridgehead atoms. The number of nitrogens with one attached hydrogen (secondary N) is 1. The van der Waals surface area contributed by atoms with Gasteiger partial charge >= 0.3 is 6.03 Å². The molecule has 2 aromatic rings. The first kappa shape index (κ1) is 19.9. The lowest BCUT2D eigenvalue weighted by Crippen LogP contribution is -2.51. The lowest BCUT2D eigenvalue weighted by atomic mass is 10.2. The maximum Gasteiger partial charge on any atom is 0.321 e. The molecule has 0 spiro atoms. The number of nitrogens with zero attached hydrogens (tertiary/aromatic N) is 5. The highest BCUT2D eigenvalue weighted by molar-refractivity contribution is 6.31.